The minimum Gasteiger partial charge on any atom is -0.478 e. The number of aromatic carboxylic acids is 1. The number of amides is 1. The molecule has 1 aliphatic rings. The average Bonchev–Trinajstić information content (AvgIpc) is 2.49. The van der Waals surface area contributed by atoms with Crippen LogP contribution in [0, 0.1) is 11.8 Å². The van der Waals surface area contributed by atoms with Crippen molar-refractivity contribution in [3.8, 4) is 0 Å². The Bertz CT molecular complexity index is 540. The molecular weight excluding hydrogens is 336 g/mol. The van der Waals surface area contributed by atoms with Crippen LogP contribution in [-0.2, 0) is 4.79 Å². The summed E-state index contributed by atoms with van der Waals surface area (Å²) in [5.41, 5.74) is 6.30. The van der Waals surface area contributed by atoms with Gasteiger partial charge in [0, 0.05) is 10.4 Å². The molecule has 0 saturated heterocycles. The van der Waals surface area contributed by atoms with Crippen LogP contribution >= 0.6 is 15.9 Å². The van der Waals surface area contributed by atoms with Crippen LogP contribution in [0.15, 0.2) is 22.7 Å². The number of hydrogen-bond acceptors (Lipinski definition) is 3. The van der Waals surface area contributed by atoms with Crippen LogP contribution in [-0.4, -0.2) is 23.5 Å². The molecule has 0 spiro atoms. The predicted octanol–water partition coefficient (Wildman–Crippen LogP) is 2.85. The monoisotopic (exact) mass is 354 g/mol. The van der Waals surface area contributed by atoms with Gasteiger partial charge in [-0.3, -0.25) is 4.79 Å². The Balaban J connectivity index is 2.03. The Morgan fingerprint density at radius 1 is 1.29 bits per heavy atom. The van der Waals surface area contributed by atoms with E-state index in [9.17, 15) is 9.59 Å². The molecule has 4 N–H and O–H groups in total. The second kappa shape index (κ2) is 7.04. The number of hydrogen-bond donors (Lipinski definition) is 3. The number of anilines is 1. The maximum atomic E-state index is 12.3. The molecule has 0 aromatic heterocycles. The standard InChI is InChI=1S/C15H19BrN2O3/c16-12-6-5-11(15(20)21)7-13(12)18-14(19)10-3-1-9(8-17)2-4-10/h5-7,9-10H,1-4,8,17H2,(H,18,19)(H,20,21). The van der Waals surface area contributed by atoms with Crippen molar-refractivity contribution in [1.82, 2.24) is 0 Å². The number of carboxylic acid groups (broad SMARTS) is 1. The van der Waals surface area contributed by atoms with E-state index in [-0.39, 0.29) is 17.4 Å². The summed E-state index contributed by atoms with van der Waals surface area (Å²) in [7, 11) is 0. The highest BCUT2D eigenvalue weighted by molar-refractivity contribution is 9.10. The molecule has 0 heterocycles. The highest BCUT2D eigenvalue weighted by atomic mass is 79.9. The molecule has 0 atom stereocenters. The predicted molar refractivity (Wildman–Crippen MR) is 84.2 cm³/mol. The van der Waals surface area contributed by atoms with Crippen LogP contribution in [0.1, 0.15) is 36.0 Å². The smallest absolute Gasteiger partial charge is 0.335 e. The molecule has 0 radical (unpaired) electrons. The molecule has 1 amide bonds. The van der Waals surface area contributed by atoms with Gasteiger partial charge in [0.05, 0.1) is 11.3 Å². The summed E-state index contributed by atoms with van der Waals surface area (Å²) in [5, 5.41) is 11.8. The molecule has 5 nitrogen and oxygen atoms in total. The Kier molecular flexibility index (Phi) is 5.36. The fourth-order valence-electron chi connectivity index (χ4n) is 2.65. The van der Waals surface area contributed by atoms with Crippen LogP contribution in [0.2, 0.25) is 0 Å². The Morgan fingerprint density at radius 3 is 2.52 bits per heavy atom. The van der Waals surface area contributed by atoms with Crippen molar-refractivity contribution >= 4 is 33.5 Å². The average molecular weight is 355 g/mol. The summed E-state index contributed by atoms with van der Waals surface area (Å²) in [4.78, 5) is 23.3. The first-order valence-corrected chi connectivity index (χ1v) is 7.84. The molecule has 1 saturated carbocycles. The Labute approximate surface area is 132 Å². The fourth-order valence-corrected chi connectivity index (χ4v) is 2.99. The Morgan fingerprint density at radius 2 is 1.95 bits per heavy atom. The third kappa shape index (κ3) is 4.04. The van der Waals surface area contributed by atoms with Gasteiger partial charge in [0.2, 0.25) is 5.91 Å². The summed E-state index contributed by atoms with van der Waals surface area (Å²) >= 11 is 3.33. The summed E-state index contributed by atoms with van der Waals surface area (Å²) in [6.07, 6.45) is 3.63. The molecule has 1 aliphatic carbocycles. The van der Waals surface area contributed by atoms with Crippen LogP contribution in [0.3, 0.4) is 0 Å². The number of carbonyl (C=O) groups excluding carboxylic acids is 1. The third-order valence-electron chi connectivity index (χ3n) is 4.02. The number of rotatable bonds is 4. The van der Waals surface area contributed by atoms with Gasteiger partial charge in [0.15, 0.2) is 0 Å². The number of halogens is 1. The zero-order valence-corrected chi connectivity index (χ0v) is 13.2. The largest absolute Gasteiger partial charge is 0.478 e. The van der Waals surface area contributed by atoms with Crippen LogP contribution in [0.4, 0.5) is 5.69 Å². The maximum Gasteiger partial charge on any atom is 0.335 e. The minimum absolute atomic E-state index is 0.0202. The van der Waals surface area contributed by atoms with E-state index in [0.717, 1.165) is 25.7 Å². The van der Waals surface area contributed by atoms with Crippen molar-refractivity contribution in [2.45, 2.75) is 25.7 Å². The van der Waals surface area contributed by atoms with E-state index in [1.165, 1.54) is 12.1 Å². The number of carboxylic acids is 1. The van der Waals surface area contributed by atoms with Crippen molar-refractivity contribution in [2.24, 2.45) is 17.6 Å². The highest BCUT2D eigenvalue weighted by Gasteiger charge is 2.26. The van der Waals surface area contributed by atoms with Gasteiger partial charge < -0.3 is 16.2 Å². The molecule has 0 aliphatic heterocycles. The van der Waals surface area contributed by atoms with Gasteiger partial charge in [-0.1, -0.05) is 0 Å². The van der Waals surface area contributed by atoms with Crippen molar-refractivity contribution in [3.05, 3.63) is 28.2 Å². The summed E-state index contributed by atoms with van der Waals surface area (Å²) in [6, 6.07) is 4.59. The van der Waals surface area contributed by atoms with Gasteiger partial charge in [-0.05, 0) is 72.3 Å². The van der Waals surface area contributed by atoms with Crippen molar-refractivity contribution in [3.63, 3.8) is 0 Å². The van der Waals surface area contributed by atoms with Gasteiger partial charge in [-0.25, -0.2) is 4.79 Å². The van der Waals surface area contributed by atoms with Crippen LogP contribution in [0.25, 0.3) is 0 Å². The maximum absolute atomic E-state index is 12.3. The molecule has 1 fully saturated rings. The van der Waals surface area contributed by atoms with E-state index in [1.807, 2.05) is 0 Å². The van der Waals surface area contributed by atoms with Crippen molar-refractivity contribution < 1.29 is 14.7 Å². The molecule has 114 valence electrons. The number of nitrogens with two attached hydrogens (primary N) is 1. The van der Waals surface area contributed by atoms with Gasteiger partial charge >= 0.3 is 5.97 Å². The normalized spacial score (nSPS) is 21.8. The van der Waals surface area contributed by atoms with Gasteiger partial charge in [0.1, 0.15) is 0 Å². The second-order valence-corrected chi connectivity index (χ2v) is 6.30. The van der Waals surface area contributed by atoms with E-state index >= 15 is 0 Å². The lowest BCUT2D eigenvalue weighted by Gasteiger charge is -2.26. The van der Waals surface area contributed by atoms with Crippen LogP contribution < -0.4 is 11.1 Å². The zero-order chi connectivity index (χ0) is 15.4. The first-order chi connectivity index (χ1) is 10.0. The van der Waals surface area contributed by atoms with E-state index in [4.69, 9.17) is 10.8 Å². The second-order valence-electron chi connectivity index (χ2n) is 5.44. The molecule has 1 aromatic rings. The lowest BCUT2D eigenvalue weighted by molar-refractivity contribution is -0.121. The molecule has 6 heteroatoms. The summed E-state index contributed by atoms with van der Waals surface area (Å²) in [6.45, 7) is 0.681. The first kappa shape index (κ1) is 16.0. The van der Waals surface area contributed by atoms with Gasteiger partial charge in [-0.2, -0.15) is 0 Å². The Hall–Kier alpha value is -1.40. The van der Waals surface area contributed by atoms with Gasteiger partial charge in [0.25, 0.3) is 0 Å². The van der Waals surface area contributed by atoms with E-state index in [2.05, 4.69) is 21.2 Å². The van der Waals surface area contributed by atoms with Gasteiger partial charge in [-0.15, -0.1) is 0 Å². The number of nitrogens with one attached hydrogen (secondary N) is 1. The lowest BCUT2D eigenvalue weighted by atomic mass is 9.81. The molecule has 2 rings (SSSR count). The zero-order valence-electron chi connectivity index (χ0n) is 11.6. The molecule has 0 bridgehead atoms. The van der Waals surface area contributed by atoms with Crippen molar-refractivity contribution in [1.29, 1.82) is 0 Å². The molecule has 1 aromatic carbocycles. The number of benzene rings is 1. The number of carbonyl (C=O) groups is 2. The lowest BCUT2D eigenvalue weighted by Crippen LogP contribution is -2.29. The highest BCUT2D eigenvalue weighted by Crippen LogP contribution is 2.30. The van der Waals surface area contributed by atoms with Crippen LogP contribution in [0.5, 0.6) is 0 Å². The van der Waals surface area contributed by atoms with Crippen molar-refractivity contribution in [2.75, 3.05) is 11.9 Å². The summed E-state index contributed by atoms with van der Waals surface area (Å²) < 4.78 is 0.677. The topological polar surface area (TPSA) is 92.4 Å². The molecular formula is C15H19BrN2O3. The van der Waals surface area contributed by atoms with E-state index < -0.39 is 5.97 Å². The molecule has 0 unspecified atom stereocenters. The minimum atomic E-state index is -1.01. The van der Waals surface area contributed by atoms with E-state index in [0.29, 0.717) is 22.6 Å². The first-order valence-electron chi connectivity index (χ1n) is 7.05. The summed E-state index contributed by atoms with van der Waals surface area (Å²) in [5.74, 6) is -0.556. The van der Waals surface area contributed by atoms with E-state index in [1.54, 1.807) is 6.07 Å². The SMILES string of the molecule is NCC1CCC(C(=O)Nc2cc(C(=O)O)ccc2Br)CC1. The quantitative estimate of drug-likeness (QED) is 0.774. The fraction of sp³-hybridized carbons (Fsp3) is 0.467. The molecule has 21 heavy (non-hydrogen) atoms. The third-order valence-corrected chi connectivity index (χ3v) is 4.71.